The van der Waals surface area contributed by atoms with E-state index >= 15 is 0 Å². The van der Waals surface area contributed by atoms with Crippen LogP contribution in [-0.2, 0) is 0 Å². The van der Waals surface area contributed by atoms with Crippen molar-refractivity contribution in [3.8, 4) is 0 Å². The predicted molar refractivity (Wildman–Crippen MR) is 69.6 cm³/mol. The van der Waals surface area contributed by atoms with Crippen molar-refractivity contribution < 1.29 is 0 Å². The van der Waals surface area contributed by atoms with Gasteiger partial charge in [-0.2, -0.15) is 0 Å². The lowest BCUT2D eigenvalue weighted by Crippen LogP contribution is -2.10. The molecule has 1 atom stereocenters. The van der Waals surface area contributed by atoms with Crippen LogP contribution >= 0.6 is 11.8 Å². The molecule has 0 aromatic heterocycles. The highest BCUT2D eigenvalue weighted by Crippen LogP contribution is 2.28. The predicted octanol–water partition coefficient (Wildman–Crippen LogP) is 2.62. The second-order valence-corrected chi connectivity index (χ2v) is 5.40. The molecule has 4 heteroatoms. The minimum Gasteiger partial charge on any atom is -0.383 e. The minimum absolute atomic E-state index is 0.277. The van der Waals surface area contributed by atoms with Crippen molar-refractivity contribution in [1.82, 2.24) is 0 Å². The van der Waals surface area contributed by atoms with E-state index in [2.05, 4.69) is 24.9 Å². The third-order valence-corrected chi connectivity index (χ3v) is 3.93. The molecule has 1 heterocycles. The Bertz CT molecular complexity index is 465. The fraction of sp³-hybridized carbons (Fsp3) is 0.333. The number of hydrogen-bond donors (Lipinski definition) is 2. The maximum absolute atomic E-state index is 7.71. The van der Waals surface area contributed by atoms with Crippen molar-refractivity contribution in [2.75, 3.05) is 0 Å². The molecular formula is C12H15N3S. The molecular weight excluding hydrogens is 218 g/mol. The number of benzene rings is 1. The van der Waals surface area contributed by atoms with Gasteiger partial charge in [0, 0.05) is 21.3 Å². The van der Waals surface area contributed by atoms with Gasteiger partial charge in [-0.15, -0.1) is 11.8 Å². The molecule has 1 aromatic rings. The molecule has 16 heavy (non-hydrogen) atoms. The van der Waals surface area contributed by atoms with Crippen LogP contribution in [-0.4, -0.2) is 16.9 Å². The van der Waals surface area contributed by atoms with Crippen LogP contribution in [0.3, 0.4) is 0 Å². The largest absolute Gasteiger partial charge is 0.383 e. The SMILES string of the molecule is CCC(C)Sc1ccc2c(c1)C(=N)N=C2N. The number of fused-ring (bicyclic) bond motifs is 1. The van der Waals surface area contributed by atoms with Crippen molar-refractivity contribution in [3.05, 3.63) is 29.3 Å². The average molecular weight is 233 g/mol. The Morgan fingerprint density at radius 1 is 1.44 bits per heavy atom. The number of amidine groups is 2. The van der Waals surface area contributed by atoms with Gasteiger partial charge in [0.2, 0.25) is 0 Å². The van der Waals surface area contributed by atoms with Gasteiger partial charge in [-0.3, -0.25) is 5.41 Å². The molecule has 0 saturated carbocycles. The summed E-state index contributed by atoms with van der Waals surface area (Å²) < 4.78 is 0. The summed E-state index contributed by atoms with van der Waals surface area (Å²) in [4.78, 5) is 5.15. The second kappa shape index (κ2) is 4.29. The molecule has 2 rings (SSSR count). The first-order valence-corrected chi connectivity index (χ1v) is 6.24. The Balaban J connectivity index is 2.29. The average Bonchev–Trinajstić information content (AvgIpc) is 2.54. The van der Waals surface area contributed by atoms with Gasteiger partial charge in [0.05, 0.1) is 0 Å². The number of nitrogens with zero attached hydrogens (tertiary/aromatic N) is 1. The normalized spacial score (nSPS) is 15.9. The zero-order valence-electron chi connectivity index (χ0n) is 9.45. The van der Waals surface area contributed by atoms with E-state index in [0.29, 0.717) is 11.1 Å². The lowest BCUT2D eigenvalue weighted by atomic mass is 10.1. The fourth-order valence-electron chi connectivity index (χ4n) is 1.57. The lowest BCUT2D eigenvalue weighted by molar-refractivity contribution is 0.905. The van der Waals surface area contributed by atoms with Gasteiger partial charge >= 0.3 is 0 Å². The molecule has 1 aromatic carbocycles. The van der Waals surface area contributed by atoms with Gasteiger partial charge in [-0.25, -0.2) is 4.99 Å². The van der Waals surface area contributed by atoms with Gasteiger partial charge in [-0.05, 0) is 24.6 Å². The Hall–Kier alpha value is -1.29. The molecule has 0 bridgehead atoms. The monoisotopic (exact) mass is 233 g/mol. The van der Waals surface area contributed by atoms with E-state index in [9.17, 15) is 0 Å². The molecule has 0 aliphatic carbocycles. The summed E-state index contributed by atoms with van der Waals surface area (Å²) >= 11 is 1.82. The van der Waals surface area contributed by atoms with Gasteiger partial charge < -0.3 is 5.73 Å². The van der Waals surface area contributed by atoms with Gasteiger partial charge in [0.1, 0.15) is 5.84 Å². The van der Waals surface area contributed by atoms with Crippen molar-refractivity contribution in [2.45, 2.75) is 30.4 Å². The van der Waals surface area contributed by atoms with Crippen molar-refractivity contribution in [2.24, 2.45) is 10.7 Å². The van der Waals surface area contributed by atoms with Gasteiger partial charge in [0.25, 0.3) is 0 Å². The Kier molecular flexibility index (Phi) is 3.01. The van der Waals surface area contributed by atoms with Crippen molar-refractivity contribution in [3.63, 3.8) is 0 Å². The lowest BCUT2D eigenvalue weighted by Gasteiger charge is -2.09. The fourth-order valence-corrected chi connectivity index (χ4v) is 2.54. The summed E-state index contributed by atoms with van der Waals surface area (Å²) in [7, 11) is 0. The number of nitrogens with two attached hydrogens (primary N) is 1. The molecule has 1 aliphatic heterocycles. The summed E-state index contributed by atoms with van der Waals surface area (Å²) in [5.41, 5.74) is 7.46. The van der Waals surface area contributed by atoms with Gasteiger partial charge in [-0.1, -0.05) is 13.8 Å². The first-order valence-electron chi connectivity index (χ1n) is 5.36. The Morgan fingerprint density at radius 2 is 2.19 bits per heavy atom. The third kappa shape index (κ3) is 1.97. The van der Waals surface area contributed by atoms with Crippen LogP contribution in [0.2, 0.25) is 0 Å². The van der Waals surface area contributed by atoms with Crippen LogP contribution in [0.15, 0.2) is 28.1 Å². The van der Waals surface area contributed by atoms with Gasteiger partial charge in [0.15, 0.2) is 5.84 Å². The van der Waals surface area contributed by atoms with Crippen LogP contribution in [0.25, 0.3) is 0 Å². The third-order valence-electron chi connectivity index (χ3n) is 2.67. The molecule has 84 valence electrons. The minimum atomic E-state index is 0.277. The molecule has 3 nitrogen and oxygen atoms in total. The van der Waals surface area contributed by atoms with Crippen molar-refractivity contribution >= 4 is 23.4 Å². The first-order chi connectivity index (χ1) is 7.61. The van der Waals surface area contributed by atoms with E-state index in [1.165, 1.54) is 4.90 Å². The summed E-state index contributed by atoms with van der Waals surface area (Å²) in [5, 5.41) is 8.30. The molecule has 0 spiro atoms. The van der Waals surface area contributed by atoms with Crippen LogP contribution in [0.5, 0.6) is 0 Å². The number of nitrogens with one attached hydrogen (secondary N) is 1. The van der Waals surface area contributed by atoms with E-state index in [4.69, 9.17) is 11.1 Å². The number of aliphatic imine (C=N–C) groups is 1. The quantitative estimate of drug-likeness (QED) is 0.788. The highest BCUT2D eigenvalue weighted by molar-refractivity contribution is 7.99. The second-order valence-electron chi connectivity index (χ2n) is 3.89. The Morgan fingerprint density at radius 3 is 2.88 bits per heavy atom. The van der Waals surface area contributed by atoms with Crippen LogP contribution in [0, 0.1) is 5.41 Å². The maximum Gasteiger partial charge on any atom is 0.154 e. The molecule has 0 amide bonds. The zero-order chi connectivity index (χ0) is 11.7. The summed E-state index contributed by atoms with van der Waals surface area (Å²) in [6.07, 6.45) is 1.14. The maximum atomic E-state index is 7.71. The number of thioether (sulfide) groups is 1. The molecule has 0 saturated heterocycles. The molecule has 1 aliphatic rings. The van der Waals surface area contributed by atoms with Crippen LogP contribution in [0.4, 0.5) is 0 Å². The molecule has 1 unspecified atom stereocenters. The summed E-state index contributed by atoms with van der Waals surface area (Å²) in [6, 6.07) is 6.02. The zero-order valence-corrected chi connectivity index (χ0v) is 10.3. The Labute approximate surface area is 99.7 Å². The number of hydrogen-bond acceptors (Lipinski definition) is 3. The molecule has 0 radical (unpaired) electrons. The van der Waals surface area contributed by atoms with E-state index in [1.54, 1.807) is 0 Å². The number of rotatable bonds is 3. The highest BCUT2D eigenvalue weighted by Gasteiger charge is 2.18. The first kappa shape index (κ1) is 11.2. The topological polar surface area (TPSA) is 62.2 Å². The standard InChI is InChI=1S/C12H15N3S/c1-3-7(2)16-8-4-5-9-10(6-8)12(14)15-11(9)13/h4-7H,3H2,1-2H3,(H3,13,14,15). The van der Waals surface area contributed by atoms with E-state index in [-0.39, 0.29) is 5.84 Å². The summed E-state index contributed by atoms with van der Waals surface area (Å²) in [5.74, 6) is 0.735. The van der Waals surface area contributed by atoms with Crippen molar-refractivity contribution in [1.29, 1.82) is 5.41 Å². The smallest absolute Gasteiger partial charge is 0.154 e. The summed E-state index contributed by atoms with van der Waals surface area (Å²) in [6.45, 7) is 4.38. The molecule has 0 fully saturated rings. The van der Waals surface area contributed by atoms with Crippen LogP contribution < -0.4 is 5.73 Å². The molecule has 3 N–H and O–H groups in total. The van der Waals surface area contributed by atoms with E-state index in [0.717, 1.165) is 17.5 Å². The van der Waals surface area contributed by atoms with E-state index < -0.39 is 0 Å². The highest BCUT2D eigenvalue weighted by atomic mass is 32.2. The van der Waals surface area contributed by atoms with E-state index in [1.807, 2.05) is 23.9 Å². The van der Waals surface area contributed by atoms with Crippen LogP contribution in [0.1, 0.15) is 31.4 Å².